The molecule has 29 heavy (non-hydrogen) atoms. The number of sulfonamides is 1. The molecule has 2 amide bonds. The van der Waals surface area contributed by atoms with E-state index in [4.69, 9.17) is 0 Å². The van der Waals surface area contributed by atoms with Crippen molar-refractivity contribution in [1.29, 1.82) is 0 Å². The SMILES string of the molecule is O=C(NCC1CNNC1)Nc1ccc(S(=O)(=O)N2CCc3ccccc3C2)cc1. The molecule has 4 N–H and O–H groups in total. The number of nitrogens with one attached hydrogen (secondary N) is 4. The smallest absolute Gasteiger partial charge is 0.319 e. The van der Waals surface area contributed by atoms with Crippen molar-refractivity contribution in [3.8, 4) is 0 Å². The zero-order valence-corrected chi connectivity index (χ0v) is 16.8. The van der Waals surface area contributed by atoms with E-state index in [1.807, 2.05) is 24.3 Å². The van der Waals surface area contributed by atoms with Crippen LogP contribution in [0.5, 0.6) is 0 Å². The van der Waals surface area contributed by atoms with E-state index in [0.29, 0.717) is 37.7 Å². The molecule has 0 aliphatic carbocycles. The summed E-state index contributed by atoms with van der Waals surface area (Å²) in [6.07, 6.45) is 0.710. The van der Waals surface area contributed by atoms with Crippen LogP contribution in [0.3, 0.4) is 0 Å². The number of hydrogen-bond donors (Lipinski definition) is 4. The highest BCUT2D eigenvalue weighted by molar-refractivity contribution is 7.89. The summed E-state index contributed by atoms with van der Waals surface area (Å²) in [5, 5.41) is 5.56. The zero-order chi connectivity index (χ0) is 20.3. The number of urea groups is 1. The molecular formula is C20H25N5O3S. The van der Waals surface area contributed by atoms with Gasteiger partial charge in [-0.15, -0.1) is 0 Å². The van der Waals surface area contributed by atoms with Gasteiger partial charge in [-0.05, 0) is 41.8 Å². The molecule has 0 saturated carbocycles. The number of benzene rings is 2. The van der Waals surface area contributed by atoms with E-state index in [0.717, 1.165) is 18.7 Å². The van der Waals surface area contributed by atoms with Crippen LogP contribution in [0.25, 0.3) is 0 Å². The van der Waals surface area contributed by atoms with Crippen molar-refractivity contribution in [1.82, 2.24) is 20.5 Å². The molecule has 0 bridgehead atoms. The Morgan fingerprint density at radius 1 is 1.03 bits per heavy atom. The van der Waals surface area contributed by atoms with Gasteiger partial charge in [0.25, 0.3) is 0 Å². The van der Waals surface area contributed by atoms with Crippen molar-refractivity contribution < 1.29 is 13.2 Å². The number of amides is 2. The molecule has 2 aromatic rings. The maximum atomic E-state index is 13.0. The number of hydrazine groups is 1. The monoisotopic (exact) mass is 415 g/mol. The summed E-state index contributed by atoms with van der Waals surface area (Å²) < 4.78 is 27.5. The Balaban J connectivity index is 1.37. The Bertz CT molecular complexity index is 972. The predicted octanol–water partition coefficient (Wildman–Crippen LogP) is 1.28. The second-order valence-electron chi connectivity index (χ2n) is 7.34. The Hall–Kier alpha value is -2.46. The average molecular weight is 416 g/mol. The van der Waals surface area contributed by atoms with Gasteiger partial charge in [-0.3, -0.25) is 10.9 Å². The largest absolute Gasteiger partial charge is 0.337 e. The number of nitrogens with zero attached hydrogens (tertiary/aromatic N) is 1. The van der Waals surface area contributed by atoms with Crippen LogP contribution >= 0.6 is 0 Å². The van der Waals surface area contributed by atoms with E-state index in [-0.39, 0.29) is 10.9 Å². The van der Waals surface area contributed by atoms with Crippen LogP contribution in [0, 0.1) is 5.92 Å². The second kappa shape index (κ2) is 8.50. The van der Waals surface area contributed by atoms with Gasteiger partial charge in [0.15, 0.2) is 0 Å². The summed E-state index contributed by atoms with van der Waals surface area (Å²) in [7, 11) is -3.58. The van der Waals surface area contributed by atoms with Gasteiger partial charge >= 0.3 is 6.03 Å². The number of carbonyl (C=O) groups excluding carboxylic acids is 1. The topological polar surface area (TPSA) is 103 Å². The van der Waals surface area contributed by atoms with Crippen molar-refractivity contribution in [3.05, 3.63) is 59.7 Å². The molecule has 4 rings (SSSR count). The molecule has 154 valence electrons. The Kier molecular flexibility index (Phi) is 5.81. The maximum Gasteiger partial charge on any atom is 0.319 e. The van der Waals surface area contributed by atoms with Crippen molar-refractivity contribution in [2.75, 3.05) is 31.5 Å². The Morgan fingerprint density at radius 3 is 2.45 bits per heavy atom. The normalized spacial score (nSPS) is 17.7. The first kappa shape index (κ1) is 19.8. The highest BCUT2D eigenvalue weighted by atomic mass is 32.2. The van der Waals surface area contributed by atoms with Gasteiger partial charge in [0.05, 0.1) is 4.90 Å². The average Bonchev–Trinajstić information content (AvgIpc) is 3.26. The zero-order valence-electron chi connectivity index (χ0n) is 16.0. The standard InChI is InChI=1S/C20H25N5O3S/c26-20(21-11-15-12-22-23-13-15)24-18-5-7-19(8-6-18)29(27,28)25-10-9-16-3-1-2-4-17(16)14-25/h1-8,15,22-23H,9-14H2,(H2,21,24,26). The lowest BCUT2D eigenvalue weighted by Crippen LogP contribution is -2.36. The number of rotatable bonds is 5. The molecule has 2 aromatic carbocycles. The highest BCUT2D eigenvalue weighted by Gasteiger charge is 2.28. The molecule has 1 fully saturated rings. The molecule has 2 aliphatic heterocycles. The van der Waals surface area contributed by atoms with Crippen molar-refractivity contribution in [2.24, 2.45) is 5.92 Å². The van der Waals surface area contributed by atoms with Crippen LogP contribution in [0.1, 0.15) is 11.1 Å². The molecular weight excluding hydrogens is 390 g/mol. The van der Waals surface area contributed by atoms with Crippen LogP contribution in [-0.2, 0) is 23.0 Å². The van der Waals surface area contributed by atoms with Gasteiger partial charge in [-0.1, -0.05) is 24.3 Å². The third kappa shape index (κ3) is 4.59. The van der Waals surface area contributed by atoms with E-state index in [9.17, 15) is 13.2 Å². The summed E-state index contributed by atoms with van der Waals surface area (Å²) in [4.78, 5) is 12.3. The van der Waals surface area contributed by atoms with Gasteiger partial charge in [-0.2, -0.15) is 4.31 Å². The van der Waals surface area contributed by atoms with Crippen LogP contribution in [0.15, 0.2) is 53.4 Å². The summed E-state index contributed by atoms with van der Waals surface area (Å²) in [5.74, 6) is 0.350. The lowest BCUT2D eigenvalue weighted by Gasteiger charge is -2.28. The van der Waals surface area contributed by atoms with Crippen LogP contribution in [0.4, 0.5) is 10.5 Å². The molecule has 8 nitrogen and oxygen atoms in total. The molecule has 0 atom stereocenters. The third-order valence-corrected chi connectivity index (χ3v) is 7.16. The Labute approximate surface area is 170 Å². The summed E-state index contributed by atoms with van der Waals surface area (Å²) in [6.45, 7) is 3.04. The molecule has 1 saturated heterocycles. The van der Waals surface area contributed by atoms with E-state index in [1.165, 1.54) is 22.0 Å². The van der Waals surface area contributed by atoms with E-state index < -0.39 is 10.0 Å². The molecule has 2 heterocycles. The number of anilines is 1. The number of hydrogen-bond acceptors (Lipinski definition) is 5. The fourth-order valence-corrected chi connectivity index (χ4v) is 5.02. The first-order chi connectivity index (χ1) is 14.0. The molecule has 9 heteroatoms. The quantitative estimate of drug-likeness (QED) is 0.589. The lowest BCUT2D eigenvalue weighted by atomic mass is 10.0. The van der Waals surface area contributed by atoms with E-state index in [2.05, 4.69) is 21.5 Å². The summed E-state index contributed by atoms with van der Waals surface area (Å²) >= 11 is 0. The van der Waals surface area contributed by atoms with Gasteiger partial charge in [-0.25, -0.2) is 13.2 Å². The van der Waals surface area contributed by atoms with Gasteiger partial charge in [0.2, 0.25) is 10.0 Å². The molecule has 0 aromatic heterocycles. The third-order valence-electron chi connectivity index (χ3n) is 5.30. The van der Waals surface area contributed by atoms with Crippen LogP contribution in [-0.4, -0.2) is 44.9 Å². The maximum absolute atomic E-state index is 13.0. The highest BCUT2D eigenvalue weighted by Crippen LogP contribution is 2.25. The minimum atomic E-state index is -3.58. The fraction of sp³-hybridized carbons (Fsp3) is 0.350. The molecule has 0 spiro atoms. The van der Waals surface area contributed by atoms with Gasteiger partial charge < -0.3 is 10.6 Å². The number of fused-ring (bicyclic) bond motifs is 1. The van der Waals surface area contributed by atoms with Crippen molar-refractivity contribution >= 4 is 21.7 Å². The number of carbonyl (C=O) groups is 1. The van der Waals surface area contributed by atoms with Gasteiger partial charge in [0, 0.05) is 44.3 Å². The van der Waals surface area contributed by atoms with Crippen LogP contribution < -0.4 is 21.5 Å². The molecule has 2 aliphatic rings. The minimum absolute atomic E-state index is 0.228. The first-order valence-electron chi connectivity index (χ1n) is 9.70. The van der Waals surface area contributed by atoms with Gasteiger partial charge in [0.1, 0.15) is 0 Å². The minimum Gasteiger partial charge on any atom is -0.337 e. The van der Waals surface area contributed by atoms with Crippen molar-refractivity contribution in [3.63, 3.8) is 0 Å². The Morgan fingerprint density at radius 2 is 1.72 bits per heavy atom. The lowest BCUT2D eigenvalue weighted by molar-refractivity contribution is 0.250. The van der Waals surface area contributed by atoms with Crippen LogP contribution in [0.2, 0.25) is 0 Å². The second-order valence-corrected chi connectivity index (χ2v) is 9.28. The van der Waals surface area contributed by atoms with Crippen molar-refractivity contribution in [2.45, 2.75) is 17.9 Å². The summed E-state index contributed by atoms with van der Waals surface area (Å²) in [5.41, 5.74) is 8.83. The fourth-order valence-electron chi connectivity index (χ4n) is 3.60. The summed E-state index contributed by atoms with van der Waals surface area (Å²) in [6, 6.07) is 13.9. The molecule has 0 unspecified atom stereocenters. The predicted molar refractivity (Wildman–Crippen MR) is 111 cm³/mol. The van der Waals surface area contributed by atoms with E-state index >= 15 is 0 Å². The first-order valence-corrected chi connectivity index (χ1v) is 11.1. The molecule has 0 radical (unpaired) electrons. The van der Waals surface area contributed by atoms with E-state index in [1.54, 1.807) is 12.1 Å².